The van der Waals surface area contributed by atoms with Crippen molar-refractivity contribution in [3.8, 4) is 33.9 Å². The number of hydrogen-bond acceptors (Lipinski definition) is 5. The molecule has 3 N–H and O–H groups in total. The second-order valence-corrected chi connectivity index (χ2v) is 5.00. The van der Waals surface area contributed by atoms with E-state index >= 15 is 0 Å². The van der Waals surface area contributed by atoms with E-state index in [0.29, 0.717) is 17.2 Å². The standard InChI is InChI=1S/C17H16N4O3/c1-23-13-8-7-10(9-14(13)24-2)11-5-3-4-6-12(11)15-16(17(18)22)20-21-19-15/h3-9H,1-2H3,(H2,18,22)(H,19,20,21). The van der Waals surface area contributed by atoms with Crippen molar-refractivity contribution in [2.75, 3.05) is 14.2 Å². The summed E-state index contributed by atoms with van der Waals surface area (Å²) in [5.41, 5.74) is 8.38. The monoisotopic (exact) mass is 324 g/mol. The van der Waals surface area contributed by atoms with Crippen LogP contribution in [0.2, 0.25) is 0 Å². The molecule has 0 fully saturated rings. The Morgan fingerprint density at radius 1 is 1.00 bits per heavy atom. The fourth-order valence-electron chi connectivity index (χ4n) is 2.54. The van der Waals surface area contributed by atoms with Crippen molar-refractivity contribution in [2.45, 2.75) is 0 Å². The van der Waals surface area contributed by atoms with Crippen molar-refractivity contribution in [2.24, 2.45) is 5.73 Å². The summed E-state index contributed by atoms with van der Waals surface area (Å²) < 4.78 is 10.6. The number of rotatable bonds is 5. The lowest BCUT2D eigenvalue weighted by Crippen LogP contribution is -2.12. The van der Waals surface area contributed by atoms with Crippen LogP contribution in [0, 0.1) is 0 Å². The Morgan fingerprint density at radius 3 is 2.38 bits per heavy atom. The van der Waals surface area contributed by atoms with Crippen molar-refractivity contribution >= 4 is 5.91 Å². The molecule has 0 saturated carbocycles. The number of nitrogens with one attached hydrogen (secondary N) is 1. The number of ether oxygens (including phenoxy) is 2. The SMILES string of the molecule is COc1ccc(-c2ccccc2-c2n[nH]nc2C(N)=O)cc1OC. The number of primary amides is 1. The van der Waals surface area contributed by atoms with Gasteiger partial charge in [0.1, 0.15) is 5.69 Å². The molecule has 0 aliphatic rings. The Labute approximate surface area is 138 Å². The van der Waals surface area contributed by atoms with E-state index in [-0.39, 0.29) is 5.69 Å². The van der Waals surface area contributed by atoms with Gasteiger partial charge in [-0.15, -0.1) is 0 Å². The lowest BCUT2D eigenvalue weighted by molar-refractivity contribution is 0.0996. The molecule has 7 heteroatoms. The van der Waals surface area contributed by atoms with Crippen molar-refractivity contribution in [3.63, 3.8) is 0 Å². The highest BCUT2D eigenvalue weighted by Gasteiger charge is 2.19. The van der Waals surface area contributed by atoms with Gasteiger partial charge in [-0.05, 0) is 23.3 Å². The quantitative estimate of drug-likeness (QED) is 0.749. The maximum absolute atomic E-state index is 11.6. The molecule has 0 aliphatic carbocycles. The first-order chi connectivity index (χ1) is 11.7. The van der Waals surface area contributed by atoms with E-state index in [2.05, 4.69) is 15.4 Å². The van der Waals surface area contributed by atoms with Crippen molar-refractivity contribution in [1.29, 1.82) is 0 Å². The first-order valence-electron chi connectivity index (χ1n) is 7.18. The molecule has 1 amide bonds. The van der Waals surface area contributed by atoms with Gasteiger partial charge in [-0.3, -0.25) is 4.79 Å². The summed E-state index contributed by atoms with van der Waals surface area (Å²) >= 11 is 0. The van der Waals surface area contributed by atoms with Crippen LogP contribution in [-0.4, -0.2) is 35.5 Å². The number of aromatic nitrogens is 3. The highest BCUT2D eigenvalue weighted by molar-refractivity contribution is 5.98. The van der Waals surface area contributed by atoms with Crippen molar-refractivity contribution < 1.29 is 14.3 Å². The lowest BCUT2D eigenvalue weighted by Gasteiger charge is -2.12. The average Bonchev–Trinajstić information content (AvgIpc) is 3.11. The van der Waals surface area contributed by atoms with E-state index < -0.39 is 5.91 Å². The zero-order chi connectivity index (χ0) is 17.1. The zero-order valence-electron chi connectivity index (χ0n) is 13.2. The lowest BCUT2D eigenvalue weighted by atomic mass is 9.96. The number of nitrogens with two attached hydrogens (primary N) is 1. The number of aromatic amines is 1. The van der Waals surface area contributed by atoms with Gasteiger partial charge in [-0.25, -0.2) is 0 Å². The number of benzene rings is 2. The van der Waals surface area contributed by atoms with E-state index in [1.807, 2.05) is 42.5 Å². The number of amides is 1. The van der Waals surface area contributed by atoms with Crippen LogP contribution in [0.4, 0.5) is 0 Å². The molecule has 7 nitrogen and oxygen atoms in total. The third-order valence-electron chi connectivity index (χ3n) is 3.66. The van der Waals surface area contributed by atoms with Crippen LogP contribution in [-0.2, 0) is 0 Å². The van der Waals surface area contributed by atoms with Crippen LogP contribution >= 0.6 is 0 Å². The van der Waals surface area contributed by atoms with Crippen LogP contribution in [0.15, 0.2) is 42.5 Å². The van der Waals surface area contributed by atoms with Crippen LogP contribution in [0.5, 0.6) is 11.5 Å². The second-order valence-electron chi connectivity index (χ2n) is 5.00. The summed E-state index contributed by atoms with van der Waals surface area (Å²) in [5, 5.41) is 10.4. The molecule has 24 heavy (non-hydrogen) atoms. The smallest absolute Gasteiger partial charge is 0.271 e. The van der Waals surface area contributed by atoms with Crippen LogP contribution in [0.3, 0.4) is 0 Å². The summed E-state index contributed by atoms with van der Waals surface area (Å²) in [7, 11) is 3.16. The zero-order valence-corrected chi connectivity index (χ0v) is 13.2. The molecule has 122 valence electrons. The molecular weight excluding hydrogens is 308 g/mol. The predicted molar refractivity (Wildman–Crippen MR) is 88.9 cm³/mol. The molecule has 0 bridgehead atoms. The van der Waals surface area contributed by atoms with Crippen molar-refractivity contribution in [3.05, 3.63) is 48.2 Å². The van der Waals surface area contributed by atoms with Gasteiger partial charge < -0.3 is 15.2 Å². The number of carbonyl (C=O) groups is 1. The number of H-pyrrole nitrogens is 1. The largest absolute Gasteiger partial charge is 0.493 e. The third-order valence-corrected chi connectivity index (χ3v) is 3.66. The summed E-state index contributed by atoms with van der Waals surface area (Å²) in [6.07, 6.45) is 0. The maximum atomic E-state index is 11.6. The van der Waals surface area contributed by atoms with Crippen molar-refractivity contribution in [1.82, 2.24) is 15.4 Å². The molecule has 0 spiro atoms. The van der Waals surface area contributed by atoms with Crippen LogP contribution in [0.25, 0.3) is 22.4 Å². The fraction of sp³-hybridized carbons (Fsp3) is 0.118. The molecule has 0 saturated heterocycles. The normalized spacial score (nSPS) is 10.4. The van der Waals surface area contributed by atoms with Gasteiger partial charge in [-0.2, -0.15) is 15.4 Å². The third kappa shape index (κ3) is 2.67. The molecule has 0 aliphatic heterocycles. The van der Waals surface area contributed by atoms with Gasteiger partial charge in [0.15, 0.2) is 17.2 Å². The number of hydrogen-bond donors (Lipinski definition) is 2. The minimum absolute atomic E-state index is 0.0999. The Balaban J connectivity index is 2.17. The minimum atomic E-state index is -0.638. The predicted octanol–water partition coefficient (Wildman–Crippen LogP) is 2.25. The van der Waals surface area contributed by atoms with E-state index in [0.717, 1.165) is 16.7 Å². The topological polar surface area (TPSA) is 103 Å². The molecular formula is C17H16N4O3. The van der Waals surface area contributed by atoms with Gasteiger partial charge in [0.25, 0.3) is 5.91 Å². The van der Waals surface area contributed by atoms with Crippen LogP contribution in [0.1, 0.15) is 10.5 Å². The Hall–Kier alpha value is -3.35. The fourth-order valence-corrected chi connectivity index (χ4v) is 2.54. The maximum Gasteiger partial charge on any atom is 0.271 e. The highest BCUT2D eigenvalue weighted by Crippen LogP contribution is 2.36. The number of carbonyl (C=O) groups excluding carboxylic acids is 1. The van der Waals surface area contributed by atoms with E-state index in [1.165, 1.54) is 0 Å². The highest BCUT2D eigenvalue weighted by atomic mass is 16.5. The van der Waals surface area contributed by atoms with Crippen LogP contribution < -0.4 is 15.2 Å². The Bertz CT molecular complexity index is 889. The molecule has 3 aromatic rings. The minimum Gasteiger partial charge on any atom is -0.493 e. The van der Waals surface area contributed by atoms with E-state index in [1.54, 1.807) is 14.2 Å². The molecule has 3 rings (SSSR count). The van der Waals surface area contributed by atoms with E-state index in [9.17, 15) is 4.79 Å². The summed E-state index contributed by atoms with van der Waals surface area (Å²) in [4.78, 5) is 11.6. The Kier molecular flexibility index (Phi) is 4.15. The summed E-state index contributed by atoms with van der Waals surface area (Å²) in [5.74, 6) is 0.610. The van der Waals surface area contributed by atoms with Gasteiger partial charge >= 0.3 is 0 Å². The Morgan fingerprint density at radius 2 is 1.71 bits per heavy atom. The molecule has 2 aromatic carbocycles. The first kappa shape index (κ1) is 15.5. The first-order valence-corrected chi connectivity index (χ1v) is 7.18. The molecule has 1 aromatic heterocycles. The van der Waals surface area contributed by atoms with E-state index in [4.69, 9.17) is 15.2 Å². The number of methoxy groups -OCH3 is 2. The van der Waals surface area contributed by atoms with Gasteiger partial charge in [0, 0.05) is 5.56 Å². The molecule has 0 atom stereocenters. The average molecular weight is 324 g/mol. The number of nitrogens with zero attached hydrogens (tertiary/aromatic N) is 2. The van der Waals surface area contributed by atoms with Gasteiger partial charge in [0.05, 0.1) is 14.2 Å². The molecule has 0 unspecified atom stereocenters. The second kappa shape index (κ2) is 6.41. The van der Waals surface area contributed by atoms with Gasteiger partial charge in [-0.1, -0.05) is 30.3 Å². The summed E-state index contributed by atoms with van der Waals surface area (Å²) in [6.45, 7) is 0. The molecule has 0 radical (unpaired) electrons. The molecule has 1 heterocycles. The van der Waals surface area contributed by atoms with Gasteiger partial charge in [0.2, 0.25) is 0 Å². The summed E-state index contributed by atoms with van der Waals surface area (Å²) in [6, 6.07) is 13.1.